The fourth-order valence-electron chi connectivity index (χ4n) is 2.08. The van der Waals surface area contributed by atoms with Crippen molar-refractivity contribution in [2.75, 3.05) is 6.61 Å². The first-order valence-corrected chi connectivity index (χ1v) is 7.18. The van der Waals surface area contributed by atoms with Crippen molar-refractivity contribution in [3.05, 3.63) is 0 Å². The molecule has 0 spiro atoms. The quantitative estimate of drug-likeness (QED) is 0.345. The third kappa shape index (κ3) is 3.84. The Morgan fingerprint density at radius 2 is 1.73 bits per heavy atom. The number of hydrogen-bond acceptors (Lipinski definition) is 3. The van der Waals surface area contributed by atoms with Gasteiger partial charge in [0.1, 0.15) is 6.10 Å². The summed E-state index contributed by atoms with van der Waals surface area (Å²) in [6.45, 7) is 0.812. The second kappa shape index (κ2) is 6.37. The zero-order valence-corrected chi connectivity index (χ0v) is 11.1. The number of alkyl halides is 1. The average molecular weight is 326 g/mol. The first kappa shape index (κ1) is 12.1. The van der Waals surface area contributed by atoms with Crippen LogP contribution in [0.25, 0.3) is 0 Å². The van der Waals surface area contributed by atoms with Crippen LogP contribution in [-0.2, 0) is 14.5 Å². The van der Waals surface area contributed by atoms with E-state index in [0.29, 0.717) is 3.92 Å². The number of halogens is 1. The molecule has 0 bridgehead atoms. The minimum atomic E-state index is -0.121. The van der Waals surface area contributed by atoms with Gasteiger partial charge in [-0.15, -0.1) is 0 Å². The Kier molecular flexibility index (Phi) is 5.13. The standard InChI is InChI=1S/C11H19IO3/c12-9-5-1-2-6-10(9)14-15-11-7-3-4-8-13-11/h9-11H,1-8H2/t9-,10-,11?/m1/s1. The molecule has 2 aliphatic rings. The summed E-state index contributed by atoms with van der Waals surface area (Å²) in [5.41, 5.74) is 0. The molecule has 1 aliphatic carbocycles. The van der Waals surface area contributed by atoms with E-state index < -0.39 is 0 Å². The van der Waals surface area contributed by atoms with Crippen LogP contribution in [0.5, 0.6) is 0 Å². The van der Waals surface area contributed by atoms with Crippen molar-refractivity contribution in [2.45, 2.75) is 61.3 Å². The lowest BCUT2D eigenvalue weighted by molar-refractivity contribution is -0.404. The highest BCUT2D eigenvalue weighted by Gasteiger charge is 2.26. The average Bonchev–Trinajstić information content (AvgIpc) is 2.29. The molecule has 15 heavy (non-hydrogen) atoms. The molecule has 2 rings (SSSR count). The van der Waals surface area contributed by atoms with Gasteiger partial charge in [-0.05, 0) is 25.7 Å². The Labute approximate surface area is 105 Å². The summed E-state index contributed by atoms with van der Waals surface area (Å²) in [4.78, 5) is 10.9. The highest BCUT2D eigenvalue weighted by atomic mass is 127. The van der Waals surface area contributed by atoms with Crippen molar-refractivity contribution in [1.29, 1.82) is 0 Å². The summed E-state index contributed by atoms with van der Waals surface area (Å²) in [7, 11) is 0. The van der Waals surface area contributed by atoms with Crippen LogP contribution in [0, 0.1) is 0 Å². The van der Waals surface area contributed by atoms with Gasteiger partial charge < -0.3 is 4.74 Å². The molecule has 0 aromatic rings. The van der Waals surface area contributed by atoms with Crippen LogP contribution in [0.3, 0.4) is 0 Å². The van der Waals surface area contributed by atoms with Crippen LogP contribution in [0.2, 0.25) is 0 Å². The van der Waals surface area contributed by atoms with Crippen molar-refractivity contribution in [2.24, 2.45) is 0 Å². The van der Waals surface area contributed by atoms with E-state index in [0.717, 1.165) is 25.9 Å². The highest BCUT2D eigenvalue weighted by Crippen LogP contribution is 2.28. The summed E-state index contributed by atoms with van der Waals surface area (Å²) >= 11 is 2.47. The second-order valence-electron chi connectivity index (χ2n) is 4.33. The SMILES string of the molecule is I[C@@H]1CCCC[C@H]1OOC1CCCCO1. The Morgan fingerprint density at radius 1 is 0.933 bits per heavy atom. The Bertz CT molecular complexity index is 183. The van der Waals surface area contributed by atoms with E-state index in [4.69, 9.17) is 14.5 Å². The van der Waals surface area contributed by atoms with Crippen LogP contribution < -0.4 is 0 Å². The largest absolute Gasteiger partial charge is 0.350 e. The zero-order valence-electron chi connectivity index (χ0n) is 8.99. The monoisotopic (exact) mass is 326 g/mol. The van der Waals surface area contributed by atoms with Gasteiger partial charge in [-0.3, -0.25) is 0 Å². The topological polar surface area (TPSA) is 27.7 Å². The summed E-state index contributed by atoms with van der Waals surface area (Å²) in [6.07, 6.45) is 8.42. The molecule has 1 unspecified atom stereocenters. The predicted octanol–water partition coefficient (Wildman–Crippen LogP) is 3.21. The fourth-order valence-corrected chi connectivity index (χ4v) is 3.00. The van der Waals surface area contributed by atoms with Crippen LogP contribution in [0.15, 0.2) is 0 Å². The van der Waals surface area contributed by atoms with Crippen molar-refractivity contribution >= 4 is 22.6 Å². The number of ether oxygens (including phenoxy) is 1. The first-order valence-electron chi connectivity index (χ1n) is 5.94. The van der Waals surface area contributed by atoms with Gasteiger partial charge in [-0.2, -0.15) is 0 Å². The Balaban J connectivity index is 1.67. The molecule has 0 radical (unpaired) electrons. The maximum atomic E-state index is 5.50. The van der Waals surface area contributed by atoms with Crippen molar-refractivity contribution < 1.29 is 14.5 Å². The van der Waals surface area contributed by atoms with E-state index in [2.05, 4.69) is 22.6 Å². The molecule has 2 fully saturated rings. The molecule has 0 N–H and O–H groups in total. The van der Waals surface area contributed by atoms with E-state index in [1.54, 1.807) is 0 Å². The summed E-state index contributed by atoms with van der Waals surface area (Å²) in [6, 6.07) is 0. The molecule has 3 atom stereocenters. The third-order valence-corrected chi connectivity index (χ3v) is 4.47. The highest BCUT2D eigenvalue weighted by molar-refractivity contribution is 14.1. The Hall–Kier alpha value is 0.610. The summed E-state index contributed by atoms with van der Waals surface area (Å²) in [5, 5.41) is 0. The van der Waals surface area contributed by atoms with Gasteiger partial charge in [-0.25, -0.2) is 9.78 Å². The molecular weight excluding hydrogens is 307 g/mol. The van der Waals surface area contributed by atoms with Gasteiger partial charge in [0.25, 0.3) is 0 Å². The molecule has 1 saturated heterocycles. The molecule has 0 aromatic heterocycles. The molecule has 88 valence electrons. The number of rotatable bonds is 3. The van der Waals surface area contributed by atoms with E-state index >= 15 is 0 Å². The molecule has 0 aromatic carbocycles. The van der Waals surface area contributed by atoms with Gasteiger partial charge in [0, 0.05) is 17.0 Å². The van der Waals surface area contributed by atoms with E-state index in [9.17, 15) is 0 Å². The van der Waals surface area contributed by atoms with Crippen LogP contribution >= 0.6 is 22.6 Å². The van der Waals surface area contributed by atoms with Gasteiger partial charge >= 0.3 is 0 Å². The molecule has 1 saturated carbocycles. The van der Waals surface area contributed by atoms with E-state index in [1.165, 1.54) is 25.7 Å². The summed E-state index contributed by atoms with van der Waals surface area (Å²) in [5.74, 6) is 0. The minimum Gasteiger partial charge on any atom is -0.350 e. The molecular formula is C11H19IO3. The normalized spacial score (nSPS) is 37.8. The lowest BCUT2D eigenvalue weighted by atomic mass is 9.98. The van der Waals surface area contributed by atoms with Crippen LogP contribution in [0.4, 0.5) is 0 Å². The van der Waals surface area contributed by atoms with Crippen molar-refractivity contribution in [3.8, 4) is 0 Å². The maximum Gasteiger partial charge on any atom is 0.191 e. The van der Waals surface area contributed by atoms with Gasteiger partial charge in [0.2, 0.25) is 0 Å². The second-order valence-corrected chi connectivity index (χ2v) is 5.93. The van der Waals surface area contributed by atoms with Crippen molar-refractivity contribution in [3.63, 3.8) is 0 Å². The van der Waals surface area contributed by atoms with Crippen molar-refractivity contribution in [1.82, 2.24) is 0 Å². The minimum absolute atomic E-state index is 0.121. The fraction of sp³-hybridized carbons (Fsp3) is 1.00. The third-order valence-electron chi connectivity index (χ3n) is 3.05. The molecule has 0 amide bonds. The van der Waals surface area contributed by atoms with Gasteiger partial charge in [-0.1, -0.05) is 35.4 Å². The van der Waals surface area contributed by atoms with E-state index in [-0.39, 0.29) is 12.4 Å². The van der Waals surface area contributed by atoms with Gasteiger partial charge in [0.05, 0.1) is 0 Å². The maximum absolute atomic E-state index is 5.50. The number of hydrogen-bond donors (Lipinski definition) is 0. The Morgan fingerprint density at radius 3 is 2.47 bits per heavy atom. The van der Waals surface area contributed by atoms with Gasteiger partial charge in [0.15, 0.2) is 6.29 Å². The molecule has 1 heterocycles. The van der Waals surface area contributed by atoms with Crippen LogP contribution in [0.1, 0.15) is 44.9 Å². The molecule has 3 nitrogen and oxygen atoms in total. The molecule has 4 heteroatoms. The van der Waals surface area contributed by atoms with E-state index in [1.807, 2.05) is 0 Å². The zero-order chi connectivity index (χ0) is 10.5. The predicted molar refractivity (Wildman–Crippen MR) is 65.8 cm³/mol. The molecule has 1 aliphatic heterocycles. The smallest absolute Gasteiger partial charge is 0.191 e. The van der Waals surface area contributed by atoms with Crippen LogP contribution in [-0.4, -0.2) is 22.9 Å². The lowest BCUT2D eigenvalue weighted by Crippen LogP contribution is -2.31. The first-order chi connectivity index (χ1) is 7.36. The summed E-state index contributed by atoms with van der Waals surface area (Å²) < 4.78 is 6.05. The lowest BCUT2D eigenvalue weighted by Gasteiger charge is -2.29.